The molecule has 0 radical (unpaired) electrons. The maximum atomic E-state index is 13.3. The van der Waals surface area contributed by atoms with Crippen LogP contribution < -0.4 is 4.74 Å². The predicted octanol–water partition coefficient (Wildman–Crippen LogP) is 2.44. The zero-order valence-electron chi connectivity index (χ0n) is 12.3. The Bertz CT molecular complexity index is 697. The van der Waals surface area contributed by atoms with Crippen LogP contribution in [0.15, 0.2) is 36.5 Å². The Kier molecular flexibility index (Phi) is 4.45. The van der Waals surface area contributed by atoms with Gasteiger partial charge in [0.25, 0.3) is 5.91 Å². The molecule has 7 heteroatoms. The lowest BCUT2D eigenvalue weighted by atomic mass is 10.1. The van der Waals surface area contributed by atoms with Gasteiger partial charge in [0.2, 0.25) is 5.88 Å². The molecular formula is C16H15F2N3O2. The van der Waals surface area contributed by atoms with Crippen LogP contribution in [0.5, 0.6) is 5.88 Å². The van der Waals surface area contributed by atoms with Crippen molar-refractivity contribution in [2.24, 2.45) is 0 Å². The Morgan fingerprint density at radius 1 is 1.26 bits per heavy atom. The predicted molar refractivity (Wildman–Crippen MR) is 77.9 cm³/mol. The topological polar surface area (TPSA) is 55.3 Å². The highest BCUT2D eigenvalue weighted by molar-refractivity contribution is 5.94. The van der Waals surface area contributed by atoms with Crippen LogP contribution in [-0.2, 0) is 0 Å². The first-order valence-corrected chi connectivity index (χ1v) is 7.32. The van der Waals surface area contributed by atoms with Crippen LogP contribution >= 0.6 is 0 Å². The first kappa shape index (κ1) is 15.3. The van der Waals surface area contributed by atoms with E-state index >= 15 is 0 Å². The zero-order chi connectivity index (χ0) is 16.2. The third-order valence-corrected chi connectivity index (χ3v) is 3.67. The second-order valence-electron chi connectivity index (χ2n) is 5.32. The molecule has 2 heterocycles. The fraction of sp³-hybridized carbons (Fsp3) is 0.312. The monoisotopic (exact) mass is 319 g/mol. The van der Waals surface area contributed by atoms with E-state index in [1.807, 2.05) is 0 Å². The lowest BCUT2D eigenvalue weighted by molar-refractivity contribution is 0.0525. The second-order valence-corrected chi connectivity index (χ2v) is 5.32. The molecule has 0 aliphatic carbocycles. The van der Waals surface area contributed by atoms with E-state index in [-0.39, 0.29) is 17.6 Å². The first-order valence-electron chi connectivity index (χ1n) is 7.32. The number of piperidine rings is 1. The number of ether oxygens (including phenoxy) is 1. The SMILES string of the molecule is O=C(c1ccc(F)c(F)c1)N1CCCC(Oc2cccnn2)C1. The van der Waals surface area contributed by atoms with Gasteiger partial charge in [-0.1, -0.05) is 0 Å². The fourth-order valence-electron chi connectivity index (χ4n) is 2.55. The molecule has 0 N–H and O–H groups in total. The van der Waals surface area contributed by atoms with Gasteiger partial charge in [-0.15, -0.1) is 5.10 Å². The molecule has 5 nitrogen and oxygen atoms in total. The lowest BCUT2D eigenvalue weighted by Gasteiger charge is -2.32. The van der Waals surface area contributed by atoms with Crippen LogP contribution in [0.1, 0.15) is 23.2 Å². The summed E-state index contributed by atoms with van der Waals surface area (Å²) in [4.78, 5) is 14.0. The van der Waals surface area contributed by atoms with E-state index in [0.29, 0.717) is 19.0 Å². The maximum Gasteiger partial charge on any atom is 0.254 e. The number of nitrogens with zero attached hydrogens (tertiary/aromatic N) is 3. The summed E-state index contributed by atoms with van der Waals surface area (Å²) < 4.78 is 32.0. The molecule has 1 aliphatic rings. The molecule has 1 aliphatic heterocycles. The van der Waals surface area contributed by atoms with Crippen LogP contribution in [0.25, 0.3) is 0 Å². The van der Waals surface area contributed by atoms with Crippen molar-refractivity contribution in [3.8, 4) is 5.88 Å². The van der Waals surface area contributed by atoms with Crippen LogP contribution in [0, 0.1) is 11.6 Å². The van der Waals surface area contributed by atoms with Crippen molar-refractivity contribution in [1.29, 1.82) is 0 Å². The van der Waals surface area contributed by atoms with E-state index in [1.165, 1.54) is 6.07 Å². The largest absolute Gasteiger partial charge is 0.471 e. The number of amides is 1. The lowest BCUT2D eigenvalue weighted by Crippen LogP contribution is -2.44. The molecule has 23 heavy (non-hydrogen) atoms. The van der Waals surface area contributed by atoms with Crippen molar-refractivity contribution >= 4 is 5.91 Å². The average Bonchev–Trinajstić information content (AvgIpc) is 2.58. The highest BCUT2D eigenvalue weighted by Crippen LogP contribution is 2.19. The van der Waals surface area contributed by atoms with E-state index in [4.69, 9.17) is 4.74 Å². The van der Waals surface area contributed by atoms with Gasteiger partial charge in [-0.25, -0.2) is 8.78 Å². The van der Waals surface area contributed by atoms with E-state index in [2.05, 4.69) is 10.2 Å². The Labute approximate surface area is 131 Å². The Morgan fingerprint density at radius 3 is 2.87 bits per heavy atom. The molecule has 0 bridgehead atoms. The van der Waals surface area contributed by atoms with Gasteiger partial charge in [-0.05, 0) is 37.1 Å². The number of hydrogen-bond donors (Lipinski definition) is 0. The van der Waals surface area contributed by atoms with Gasteiger partial charge >= 0.3 is 0 Å². The van der Waals surface area contributed by atoms with Crippen molar-refractivity contribution in [1.82, 2.24) is 15.1 Å². The minimum atomic E-state index is -1.03. The summed E-state index contributed by atoms with van der Waals surface area (Å²) in [6, 6.07) is 6.58. The van der Waals surface area contributed by atoms with Gasteiger partial charge in [0, 0.05) is 24.4 Å². The molecule has 1 aromatic carbocycles. The molecule has 0 saturated carbocycles. The maximum absolute atomic E-state index is 13.3. The fourth-order valence-corrected chi connectivity index (χ4v) is 2.55. The average molecular weight is 319 g/mol. The van der Waals surface area contributed by atoms with Gasteiger partial charge in [0.05, 0.1) is 6.54 Å². The molecule has 1 atom stereocenters. The number of hydrogen-bond acceptors (Lipinski definition) is 4. The Hall–Kier alpha value is -2.57. The van der Waals surface area contributed by atoms with Crippen LogP contribution in [0.2, 0.25) is 0 Å². The van der Waals surface area contributed by atoms with Gasteiger partial charge in [-0.2, -0.15) is 5.10 Å². The van der Waals surface area contributed by atoms with Crippen LogP contribution in [-0.4, -0.2) is 40.2 Å². The summed E-state index contributed by atoms with van der Waals surface area (Å²) >= 11 is 0. The molecule has 2 aromatic rings. The van der Waals surface area contributed by atoms with E-state index in [1.54, 1.807) is 23.2 Å². The molecule has 1 amide bonds. The van der Waals surface area contributed by atoms with Gasteiger partial charge in [0.1, 0.15) is 6.10 Å². The number of halogens is 2. The third-order valence-electron chi connectivity index (χ3n) is 3.67. The first-order chi connectivity index (χ1) is 11.1. The van der Waals surface area contributed by atoms with E-state index in [0.717, 1.165) is 25.0 Å². The van der Waals surface area contributed by atoms with Crippen LogP contribution in [0.4, 0.5) is 8.78 Å². The van der Waals surface area contributed by atoms with Crippen molar-refractivity contribution in [2.45, 2.75) is 18.9 Å². The molecule has 1 fully saturated rings. The molecule has 3 rings (SSSR count). The molecular weight excluding hydrogens is 304 g/mol. The summed E-state index contributed by atoms with van der Waals surface area (Å²) in [6.45, 7) is 0.923. The van der Waals surface area contributed by atoms with Crippen molar-refractivity contribution in [2.75, 3.05) is 13.1 Å². The molecule has 120 valence electrons. The number of carbonyl (C=O) groups is 1. The summed E-state index contributed by atoms with van der Waals surface area (Å²) in [5.74, 6) is -1.93. The smallest absolute Gasteiger partial charge is 0.254 e. The molecule has 1 saturated heterocycles. The zero-order valence-corrected chi connectivity index (χ0v) is 12.3. The molecule has 0 spiro atoms. The summed E-state index contributed by atoms with van der Waals surface area (Å²) in [5.41, 5.74) is 0.129. The number of benzene rings is 1. The Balaban J connectivity index is 1.68. The van der Waals surface area contributed by atoms with Gasteiger partial charge in [0.15, 0.2) is 11.6 Å². The van der Waals surface area contributed by atoms with Crippen LogP contribution in [0.3, 0.4) is 0 Å². The number of rotatable bonds is 3. The standard InChI is InChI=1S/C16H15F2N3O2/c17-13-6-5-11(9-14(13)18)16(22)21-8-2-3-12(10-21)23-15-4-1-7-19-20-15/h1,4-7,9,12H,2-3,8,10H2. The van der Waals surface area contributed by atoms with Crippen molar-refractivity contribution in [3.05, 3.63) is 53.7 Å². The summed E-state index contributed by atoms with van der Waals surface area (Å²) in [7, 11) is 0. The quantitative estimate of drug-likeness (QED) is 0.872. The second kappa shape index (κ2) is 6.68. The number of likely N-dealkylation sites (tertiary alicyclic amines) is 1. The summed E-state index contributed by atoms with van der Waals surface area (Å²) in [5, 5.41) is 7.59. The van der Waals surface area contributed by atoms with Gasteiger partial charge in [-0.3, -0.25) is 4.79 Å². The van der Waals surface area contributed by atoms with Crippen molar-refractivity contribution < 1.29 is 18.3 Å². The minimum Gasteiger partial charge on any atom is -0.471 e. The Morgan fingerprint density at radius 2 is 2.13 bits per heavy atom. The highest BCUT2D eigenvalue weighted by Gasteiger charge is 2.26. The molecule has 1 aromatic heterocycles. The highest BCUT2D eigenvalue weighted by atomic mass is 19.2. The van der Waals surface area contributed by atoms with Gasteiger partial charge < -0.3 is 9.64 Å². The summed E-state index contributed by atoms with van der Waals surface area (Å²) in [6.07, 6.45) is 2.90. The normalized spacial score (nSPS) is 17.8. The minimum absolute atomic E-state index is 0.129. The number of carbonyl (C=O) groups excluding carboxylic acids is 1. The van der Waals surface area contributed by atoms with E-state index in [9.17, 15) is 13.6 Å². The van der Waals surface area contributed by atoms with Crippen molar-refractivity contribution in [3.63, 3.8) is 0 Å². The van der Waals surface area contributed by atoms with E-state index < -0.39 is 11.6 Å². The third kappa shape index (κ3) is 3.61. The number of aromatic nitrogens is 2. The molecule has 1 unspecified atom stereocenters.